The summed E-state index contributed by atoms with van der Waals surface area (Å²) in [7, 11) is 3.77. The van der Waals surface area contributed by atoms with Gasteiger partial charge in [0.05, 0.1) is 6.10 Å². The van der Waals surface area contributed by atoms with E-state index in [1.54, 1.807) is 7.11 Å². The van der Waals surface area contributed by atoms with Gasteiger partial charge < -0.3 is 15.4 Å². The van der Waals surface area contributed by atoms with Gasteiger partial charge in [0.2, 0.25) is 0 Å². The van der Waals surface area contributed by atoms with Crippen LogP contribution in [0.5, 0.6) is 0 Å². The molecule has 11 heavy (non-hydrogen) atoms. The van der Waals surface area contributed by atoms with E-state index in [4.69, 9.17) is 10.5 Å². The van der Waals surface area contributed by atoms with Crippen molar-refractivity contribution in [2.75, 3.05) is 27.2 Å². The highest BCUT2D eigenvalue weighted by molar-refractivity contribution is 5.85. The predicted molar refractivity (Wildman–Crippen MR) is 50.8 cm³/mol. The molecule has 5 heteroatoms. The minimum absolute atomic E-state index is 0. The van der Waals surface area contributed by atoms with E-state index in [0.717, 1.165) is 13.1 Å². The van der Waals surface area contributed by atoms with Crippen molar-refractivity contribution in [3.05, 3.63) is 0 Å². The third-order valence-corrected chi connectivity index (χ3v) is 1.79. The SMILES string of the molecule is CO[C@@H]1CN(C)C[C@H]1N.Cl.Cl. The predicted octanol–water partition coefficient (Wildman–Crippen LogP) is 0.118. The van der Waals surface area contributed by atoms with Gasteiger partial charge >= 0.3 is 0 Å². The molecule has 1 aliphatic heterocycles. The van der Waals surface area contributed by atoms with Crippen LogP contribution in [0.4, 0.5) is 0 Å². The second-order valence-corrected chi connectivity index (χ2v) is 2.66. The first kappa shape index (κ1) is 14.0. The highest BCUT2D eigenvalue weighted by Gasteiger charge is 2.26. The Labute approximate surface area is 80.1 Å². The van der Waals surface area contributed by atoms with Gasteiger partial charge in [0.15, 0.2) is 0 Å². The highest BCUT2D eigenvalue weighted by atomic mass is 35.5. The van der Waals surface area contributed by atoms with E-state index in [0.29, 0.717) is 0 Å². The quantitative estimate of drug-likeness (QED) is 0.657. The lowest BCUT2D eigenvalue weighted by molar-refractivity contribution is 0.100. The Hall–Kier alpha value is 0.460. The van der Waals surface area contributed by atoms with Gasteiger partial charge in [-0.15, -0.1) is 24.8 Å². The maximum atomic E-state index is 5.71. The van der Waals surface area contributed by atoms with Crippen molar-refractivity contribution >= 4 is 24.8 Å². The first-order valence-corrected chi connectivity index (χ1v) is 3.21. The minimum atomic E-state index is 0. The number of hydrogen-bond donors (Lipinski definition) is 1. The van der Waals surface area contributed by atoms with Crippen LogP contribution in [0, 0.1) is 0 Å². The zero-order chi connectivity index (χ0) is 6.85. The summed E-state index contributed by atoms with van der Waals surface area (Å²) in [6, 6.07) is 0.208. The topological polar surface area (TPSA) is 38.5 Å². The van der Waals surface area contributed by atoms with Crippen molar-refractivity contribution in [3.8, 4) is 0 Å². The van der Waals surface area contributed by atoms with E-state index in [1.807, 2.05) is 0 Å². The van der Waals surface area contributed by atoms with Crippen LogP contribution in [-0.2, 0) is 4.74 Å². The average molecular weight is 203 g/mol. The molecule has 0 spiro atoms. The number of nitrogens with two attached hydrogens (primary N) is 1. The maximum Gasteiger partial charge on any atom is 0.0861 e. The van der Waals surface area contributed by atoms with E-state index < -0.39 is 0 Å². The van der Waals surface area contributed by atoms with Gasteiger partial charge in [-0.25, -0.2) is 0 Å². The number of rotatable bonds is 1. The Morgan fingerprint density at radius 3 is 2.09 bits per heavy atom. The third-order valence-electron chi connectivity index (χ3n) is 1.79. The Bertz CT molecular complexity index is 105. The average Bonchev–Trinajstić information content (AvgIpc) is 2.10. The van der Waals surface area contributed by atoms with E-state index in [2.05, 4.69) is 11.9 Å². The molecule has 1 aliphatic rings. The summed E-state index contributed by atoms with van der Waals surface area (Å²) in [5.41, 5.74) is 5.71. The van der Waals surface area contributed by atoms with Crippen LogP contribution in [0.2, 0.25) is 0 Å². The molecular formula is C6H16Cl2N2O. The second kappa shape index (κ2) is 6.03. The summed E-state index contributed by atoms with van der Waals surface area (Å²) < 4.78 is 5.13. The largest absolute Gasteiger partial charge is 0.378 e. The fraction of sp³-hybridized carbons (Fsp3) is 1.00. The Morgan fingerprint density at radius 2 is 1.91 bits per heavy atom. The van der Waals surface area contributed by atoms with Crippen LogP contribution in [0.15, 0.2) is 0 Å². The Balaban J connectivity index is 0. The smallest absolute Gasteiger partial charge is 0.0861 e. The Morgan fingerprint density at radius 1 is 1.36 bits per heavy atom. The zero-order valence-corrected chi connectivity index (χ0v) is 8.45. The van der Waals surface area contributed by atoms with Crippen LogP contribution in [0.25, 0.3) is 0 Å². The van der Waals surface area contributed by atoms with Crippen molar-refractivity contribution in [2.45, 2.75) is 12.1 Å². The fourth-order valence-electron chi connectivity index (χ4n) is 1.24. The Kier molecular flexibility index (Phi) is 7.68. The highest BCUT2D eigenvalue weighted by Crippen LogP contribution is 2.07. The molecule has 0 bridgehead atoms. The van der Waals surface area contributed by atoms with Gasteiger partial charge in [-0.1, -0.05) is 0 Å². The van der Waals surface area contributed by atoms with Crippen molar-refractivity contribution in [3.63, 3.8) is 0 Å². The summed E-state index contributed by atoms with van der Waals surface area (Å²) >= 11 is 0. The summed E-state index contributed by atoms with van der Waals surface area (Å²) in [5, 5.41) is 0. The summed E-state index contributed by atoms with van der Waals surface area (Å²) in [5.74, 6) is 0. The number of methoxy groups -OCH3 is 1. The molecule has 0 aromatic carbocycles. The number of nitrogens with zero attached hydrogens (tertiary/aromatic N) is 1. The molecule has 1 fully saturated rings. The van der Waals surface area contributed by atoms with E-state index in [-0.39, 0.29) is 37.0 Å². The van der Waals surface area contributed by atoms with Gasteiger partial charge in [-0.3, -0.25) is 0 Å². The van der Waals surface area contributed by atoms with Crippen LogP contribution in [0.3, 0.4) is 0 Å². The van der Waals surface area contributed by atoms with Crippen LogP contribution < -0.4 is 5.73 Å². The van der Waals surface area contributed by atoms with Crippen molar-refractivity contribution in [2.24, 2.45) is 5.73 Å². The molecule has 1 saturated heterocycles. The fourth-order valence-corrected chi connectivity index (χ4v) is 1.24. The molecule has 1 heterocycles. The number of hydrogen-bond acceptors (Lipinski definition) is 3. The monoisotopic (exact) mass is 202 g/mol. The molecule has 1 rings (SSSR count). The molecule has 2 atom stereocenters. The number of likely N-dealkylation sites (N-methyl/N-ethyl adjacent to an activating group) is 1. The molecule has 0 aromatic heterocycles. The third kappa shape index (κ3) is 3.58. The van der Waals surface area contributed by atoms with Gasteiger partial charge in [0.25, 0.3) is 0 Å². The first-order chi connectivity index (χ1) is 4.24. The minimum Gasteiger partial charge on any atom is -0.378 e. The zero-order valence-electron chi connectivity index (χ0n) is 6.82. The van der Waals surface area contributed by atoms with Gasteiger partial charge in [-0.2, -0.15) is 0 Å². The second-order valence-electron chi connectivity index (χ2n) is 2.66. The van der Waals surface area contributed by atoms with Crippen molar-refractivity contribution in [1.29, 1.82) is 0 Å². The molecule has 70 valence electrons. The van der Waals surface area contributed by atoms with Crippen LogP contribution in [0.1, 0.15) is 0 Å². The molecule has 0 amide bonds. The molecule has 0 radical (unpaired) electrons. The van der Waals surface area contributed by atoms with E-state index in [9.17, 15) is 0 Å². The lowest BCUT2D eigenvalue weighted by Crippen LogP contribution is -2.34. The summed E-state index contributed by atoms with van der Waals surface area (Å²) in [6.45, 7) is 1.93. The molecule has 0 unspecified atom stereocenters. The molecule has 0 saturated carbocycles. The van der Waals surface area contributed by atoms with E-state index >= 15 is 0 Å². The van der Waals surface area contributed by atoms with Crippen LogP contribution in [-0.4, -0.2) is 44.3 Å². The molecule has 0 aromatic rings. The van der Waals surface area contributed by atoms with E-state index in [1.165, 1.54) is 0 Å². The van der Waals surface area contributed by atoms with Crippen molar-refractivity contribution in [1.82, 2.24) is 4.90 Å². The van der Waals surface area contributed by atoms with Gasteiger partial charge in [0, 0.05) is 26.2 Å². The number of likely N-dealkylation sites (tertiary alicyclic amines) is 1. The van der Waals surface area contributed by atoms with Crippen molar-refractivity contribution < 1.29 is 4.74 Å². The molecule has 2 N–H and O–H groups in total. The number of halogens is 2. The molecular weight excluding hydrogens is 187 g/mol. The van der Waals surface area contributed by atoms with Crippen LogP contribution >= 0.6 is 24.8 Å². The standard InChI is InChI=1S/C6H14N2O.2ClH/c1-8-3-5(7)6(4-8)9-2;;/h5-6H,3-4,7H2,1-2H3;2*1H/t5-,6-;;/m1../s1. The lowest BCUT2D eigenvalue weighted by Gasteiger charge is -2.10. The summed E-state index contributed by atoms with van der Waals surface area (Å²) in [6.07, 6.45) is 0.245. The lowest BCUT2D eigenvalue weighted by atomic mass is 10.2. The molecule has 3 nitrogen and oxygen atoms in total. The number of ether oxygens (including phenoxy) is 1. The van der Waals surface area contributed by atoms with Gasteiger partial charge in [0.1, 0.15) is 0 Å². The normalized spacial score (nSPS) is 30.8. The van der Waals surface area contributed by atoms with Gasteiger partial charge in [-0.05, 0) is 7.05 Å². The summed E-state index contributed by atoms with van der Waals surface area (Å²) in [4.78, 5) is 2.18. The maximum absolute atomic E-state index is 5.71. The first-order valence-electron chi connectivity index (χ1n) is 3.21. The molecule has 0 aliphatic carbocycles.